The Morgan fingerprint density at radius 3 is 1.45 bits per heavy atom. The van der Waals surface area contributed by atoms with Gasteiger partial charge in [0.2, 0.25) is 0 Å². The van der Waals surface area contributed by atoms with Crippen LogP contribution in [-0.4, -0.2) is 0 Å². The van der Waals surface area contributed by atoms with E-state index >= 15 is 0 Å². The Hall–Kier alpha value is -0.260. The van der Waals surface area contributed by atoms with Crippen LogP contribution in [0.25, 0.3) is 0 Å². The van der Waals surface area contributed by atoms with Gasteiger partial charge in [0.15, 0.2) is 0 Å². The number of allylic oxidation sites excluding steroid dienone is 2. The number of hydrogen-bond donors (Lipinski definition) is 0. The van der Waals surface area contributed by atoms with E-state index < -0.39 is 0 Å². The van der Waals surface area contributed by atoms with Crippen molar-refractivity contribution in [2.24, 2.45) is 5.92 Å². The van der Waals surface area contributed by atoms with Crippen LogP contribution in [0, 0.1) is 19.8 Å². The molecular formula is C29H56. The lowest BCUT2D eigenvalue weighted by molar-refractivity contribution is 0.421. The summed E-state index contributed by atoms with van der Waals surface area (Å²) in [4.78, 5) is 0. The maximum absolute atomic E-state index is 3.92. The van der Waals surface area contributed by atoms with Crippen LogP contribution < -0.4 is 0 Å². The van der Waals surface area contributed by atoms with Crippen molar-refractivity contribution in [3.05, 3.63) is 26.0 Å². The first-order chi connectivity index (χ1) is 14.3. The minimum Gasteiger partial charge on any atom is -0.0885 e. The Labute approximate surface area is 186 Å². The molecule has 0 aliphatic carbocycles. The molecule has 29 heavy (non-hydrogen) atoms. The van der Waals surface area contributed by atoms with E-state index in [0.29, 0.717) is 0 Å². The summed E-state index contributed by atoms with van der Waals surface area (Å²) in [6.07, 6.45) is 36.7. The fourth-order valence-corrected chi connectivity index (χ4v) is 4.36. The van der Waals surface area contributed by atoms with Crippen LogP contribution in [0.4, 0.5) is 0 Å². The molecule has 0 N–H and O–H groups in total. The second kappa shape index (κ2) is 25.8. The fraction of sp³-hybridized carbons (Fsp3) is 0.862. The largest absolute Gasteiger partial charge is 0.0885 e. The highest BCUT2D eigenvalue weighted by molar-refractivity contribution is 4.84. The predicted octanol–water partition coefficient (Wildman–Crippen LogP) is 10.8. The third-order valence-corrected chi connectivity index (χ3v) is 6.32. The minimum atomic E-state index is 0.937. The van der Waals surface area contributed by atoms with E-state index in [0.717, 1.165) is 18.8 Å². The zero-order valence-corrected chi connectivity index (χ0v) is 20.4. The smallest absolute Gasteiger partial charge is 0.0322 e. The van der Waals surface area contributed by atoms with Gasteiger partial charge >= 0.3 is 0 Å². The Morgan fingerprint density at radius 1 is 0.517 bits per heavy atom. The molecule has 0 aromatic carbocycles. The Balaban J connectivity index is 3.48. The van der Waals surface area contributed by atoms with Gasteiger partial charge in [0, 0.05) is 0 Å². The lowest BCUT2D eigenvalue weighted by Crippen LogP contribution is -1.99. The predicted molar refractivity (Wildman–Crippen MR) is 135 cm³/mol. The Kier molecular flexibility index (Phi) is 25.5. The van der Waals surface area contributed by atoms with Gasteiger partial charge < -0.3 is 0 Å². The van der Waals surface area contributed by atoms with Crippen LogP contribution in [-0.2, 0) is 0 Å². The fourth-order valence-electron chi connectivity index (χ4n) is 4.36. The van der Waals surface area contributed by atoms with Gasteiger partial charge in [-0.25, -0.2) is 0 Å². The summed E-state index contributed by atoms with van der Waals surface area (Å²) in [7, 11) is 0. The average Bonchev–Trinajstić information content (AvgIpc) is 2.73. The number of rotatable bonds is 24. The Bertz CT molecular complexity index is 303. The van der Waals surface area contributed by atoms with Crippen molar-refractivity contribution in [3.8, 4) is 0 Å². The van der Waals surface area contributed by atoms with Gasteiger partial charge in [-0.2, -0.15) is 0 Å². The summed E-state index contributed by atoms with van der Waals surface area (Å²) in [5.74, 6) is 0.937. The number of hydrogen-bond acceptors (Lipinski definition) is 0. The third-order valence-electron chi connectivity index (χ3n) is 6.32. The zero-order valence-electron chi connectivity index (χ0n) is 20.4. The number of unbranched alkanes of at least 4 members (excludes halogenated alkanes) is 17. The van der Waals surface area contributed by atoms with Gasteiger partial charge in [0.1, 0.15) is 0 Å². The molecule has 1 unspecified atom stereocenters. The van der Waals surface area contributed by atoms with Gasteiger partial charge in [-0.15, -0.1) is 0 Å². The van der Waals surface area contributed by atoms with Crippen LogP contribution >= 0.6 is 0 Å². The van der Waals surface area contributed by atoms with E-state index in [1.54, 1.807) is 0 Å². The molecule has 0 saturated heterocycles. The van der Waals surface area contributed by atoms with E-state index in [1.807, 2.05) is 0 Å². The van der Waals surface area contributed by atoms with Crippen LogP contribution in [0.15, 0.2) is 12.2 Å². The molecule has 0 heterocycles. The van der Waals surface area contributed by atoms with Gasteiger partial charge in [-0.05, 0) is 25.2 Å². The average molecular weight is 405 g/mol. The highest BCUT2D eigenvalue weighted by Gasteiger charge is 2.05. The summed E-state index contributed by atoms with van der Waals surface area (Å²) < 4.78 is 0. The molecule has 0 rings (SSSR count). The summed E-state index contributed by atoms with van der Waals surface area (Å²) in [6.45, 7) is 10.2. The van der Waals surface area contributed by atoms with Crippen molar-refractivity contribution in [1.29, 1.82) is 0 Å². The van der Waals surface area contributed by atoms with Crippen molar-refractivity contribution in [3.63, 3.8) is 0 Å². The first-order valence-electron chi connectivity index (χ1n) is 13.6. The molecule has 0 saturated carbocycles. The summed E-state index contributed by atoms with van der Waals surface area (Å²) in [5.41, 5.74) is 0. The molecule has 0 amide bonds. The quantitative estimate of drug-likeness (QED) is 0.111. The van der Waals surface area contributed by atoms with Crippen LogP contribution in [0.5, 0.6) is 0 Å². The standard InChI is InChI=1S/C29H56/c1-4-7-9-11-13-15-16-17-19-21-23-25-28-29(26-6-3)27-24-22-20-18-14-12-10-8-5-2/h22,24,29H,1-2,4-21,23,25-28H2,3H3/b24-22+. The zero-order chi connectivity index (χ0) is 21.3. The normalized spacial score (nSPS) is 12.8. The third kappa shape index (κ3) is 23.9. The maximum atomic E-state index is 3.92. The van der Waals surface area contributed by atoms with Crippen molar-refractivity contribution >= 4 is 0 Å². The molecule has 0 aliphatic heterocycles. The van der Waals surface area contributed by atoms with Crippen molar-refractivity contribution in [1.82, 2.24) is 0 Å². The van der Waals surface area contributed by atoms with Crippen LogP contribution in [0.1, 0.15) is 155 Å². The molecule has 172 valence electrons. The lowest BCUT2D eigenvalue weighted by atomic mass is 9.92. The first-order valence-corrected chi connectivity index (χ1v) is 13.6. The van der Waals surface area contributed by atoms with Crippen molar-refractivity contribution < 1.29 is 0 Å². The summed E-state index contributed by atoms with van der Waals surface area (Å²) >= 11 is 0. The van der Waals surface area contributed by atoms with E-state index in [2.05, 4.69) is 32.9 Å². The summed E-state index contributed by atoms with van der Waals surface area (Å²) in [5, 5.41) is 0. The van der Waals surface area contributed by atoms with Gasteiger partial charge in [-0.3, -0.25) is 0 Å². The molecule has 0 spiro atoms. The van der Waals surface area contributed by atoms with E-state index in [9.17, 15) is 0 Å². The van der Waals surface area contributed by atoms with Crippen LogP contribution in [0.2, 0.25) is 0 Å². The lowest BCUT2D eigenvalue weighted by Gasteiger charge is -2.14. The second-order valence-corrected chi connectivity index (χ2v) is 9.30. The van der Waals surface area contributed by atoms with Crippen LogP contribution in [0.3, 0.4) is 0 Å². The molecule has 0 aromatic rings. The maximum Gasteiger partial charge on any atom is -0.0322 e. The topological polar surface area (TPSA) is 0 Å². The molecular weight excluding hydrogens is 348 g/mol. The van der Waals surface area contributed by atoms with Gasteiger partial charge in [0.05, 0.1) is 0 Å². The SMILES string of the molecule is [CH2]CCCCCCC/C=C/CC(CCC)CCCCCCCCCCCCC[CH2]. The molecule has 0 aromatic heterocycles. The molecule has 0 bridgehead atoms. The van der Waals surface area contributed by atoms with Gasteiger partial charge in [-0.1, -0.05) is 161 Å². The molecule has 0 fully saturated rings. The molecule has 0 nitrogen and oxygen atoms in total. The monoisotopic (exact) mass is 404 g/mol. The van der Waals surface area contributed by atoms with Crippen molar-refractivity contribution in [2.45, 2.75) is 155 Å². The molecule has 0 aliphatic rings. The van der Waals surface area contributed by atoms with E-state index in [4.69, 9.17) is 0 Å². The molecule has 2 radical (unpaired) electrons. The highest BCUT2D eigenvalue weighted by atomic mass is 14.1. The van der Waals surface area contributed by atoms with E-state index in [1.165, 1.54) is 135 Å². The summed E-state index contributed by atoms with van der Waals surface area (Å²) in [6, 6.07) is 0. The molecule has 1 atom stereocenters. The van der Waals surface area contributed by atoms with E-state index in [-0.39, 0.29) is 0 Å². The molecule has 0 heteroatoms. The second-order valence-electron chi connectivity index (χ2n) is 9.30. The highest BCUT2D eigenvalue weighted by Crippen LogP contribution is 2.21. The van der Waals surface area contributed by atoms with Gasteiger partial charge in [0.25, 0.3) is 0 Å². The van der Waals surface area contributed by atoms with Crippen molar-refractivity contribution in [2.75, 3.05) is 0 Å². The first kappa shape index (κ1) is 28.7. The minimum absolute atomic E-state index is 0.937. The Morgan fingerprint density at radius 2 is 0.966 bits per heavy atom.